The summed E-state index contributed by atoms with van der Waals surface area (Å²) in [6.07, 6.45) is 0.841. The van der Waals surface area contributed by atoms with Crippen LogP contribution in [-0.4, -0.2) is 14.6 Å². The van der Waals surface area contributed by atoms with Gasteiger partial charge in [-0.2, -0.15) is 0 Å². The normalized spacial score (nSPS) is 12.4. The highest BCUT2D eigenvalue weighted by Gasteiger charge is 2.39. The highest BCUT2D eigenvalue weighted by Crippen LogP contribution is 2.40. The Labute approximate surface area is 113 Å². The van der Waals surface area contributed by atoms with Gasteiger partial charge in [0, 0.05) is 0 Å². The van der Waals surface area contributed by atoms with Crippen molar-refractivity contribution in [2.24, 2.45) is 0 Å². The molecule has 1 rings (SSSR count). The van der Waals surface area contributed by atoms with Crippen LogP contribution in [0.2, 0.25) is 18.1 Å². The number of halogens is 1. The first kappa shape index (κ1) is 14.4. The molecule has 0 aliphatic rings. The molecule has 0 heterocycles. The molecule has 0 atom stereocenters. The van der Waals surface area contributed by atoms with Crippen molar-refractivity contribution >= 4 is 30.5 Å². The van der Waals surface area contributed by atoms with E-state index in [-0.39, 0.29) is 5.04 Å². The lowest BCUT2D eigenvalue weighted by Gasteiger charge is -2.37. The second-order valence-corrected chi connectivity index (χ2v) is 11.2. The molecule has 0 saturated carbocycles. The molecule has 0 fully saturated rings. The van der Waals surface area contributed by atoms with Crippen molar-refractivity contribution in [2.45, 2.75) is 38.9 Å². The fourth-order valence-electron chi connectivity index (χ4n) is 1.13. The number of para-hydroxylation sites is 1. The molecule has 0 saturated heterocycles. The van der Waals surface area contributed by atoms with Crippen molar-refractivity contribution in [3.05, 3.63) is 28.2 Å². The maximum atomic E-state index is 11.0. The smallest absolute Gasteiger partial charge is 0.250 e. The van der Waals surface area contributed by atoms with Crippen LogP contribution in [0, 0.1) is 0 Å². The van der Waals surface area contributed by atoms with Crippen molar-refractivity contribution in [1.29, 1.82) is 0 Å². The highest BCUT2D eigenvalue weighted by atomic mass is 79.9. The minimum Gasteiger partial charge on any atom is -0.542 e. The third-order valence-electron chi connectivity index (χ3n) is 3.29. The molecule has 4 heteroatoms. The van der Waals surface area contributed by atoms with Gasteiger partial charge in [-0.05, 0) is 46.2 Å². The van der Waals surface area contributed by atoms with E-state index in [1.54, 1.807) is 6.07 Å². The molecule has 94 valence electrons. The minimum absolute atomic E-state index is 0.114. The summed E-state index contributed by atoms with van der Waals surface area (Å²) >= 11 is 3.45. The van der Waals surface area contributed by atoms with E-state index in [4.69, 9.17) is 4.43 Å². The summed E-state index contributed by atoms with van der Waals surface area (Å²) in [6, 6.07) is 5.52. The third-order valence-corrected chi connectivity index (χ3v) is 8.24. The summed E-state index contributed by atoms with van der Waals surface area (Å²) in [5, 5.41) is 0.114. The van der Waals surface area contributed by atoms with Crippen LogP contribution in [0.1, 0.15) is 31.1 Å². The molecular formula is C13H19BrO2Si. The first-order valence-electron chi connectivity index (χ1n) is 5.62. The van der Waals surface area contributed by atoms with Crippen molar-refractivity contribution in [3.63, 3.8) is 0 Å². The lowest BCUT2D eigenvalue weighted by atomic mass is 10.2. The number of aldehydes is 1. The minimum atomic E-state index is -1.91. The summed E-state index contributed by atoms with van der Waals surface area (Å²) in [5.74, 6) is 0.675. The van der Waals surface area contributed by atoms with E-state index >= 15 is 0 Å². The molecule has 0 unspecified atom stereocenters. The fraction of sp³-hybridized carbons (Fsp3) is 0.462. The van der Waals surface area contributed by atoms with Crippen molar-refractivity contribution in [1.82, 2.24) is 0 Å². The van der Waals surface area contributed by atoms with Crippen LogP contribution >= 0.6 is 15.9 Å². The second kappa shape index (κ2) is 4.94. The Balaban J connectivity index is 3.15. The SMILES string of the molecule is CC(C)(C)[Si](C)(C)Oc1c(Br)cccc1C=O. The van der Waals surface area contributed by atoms with Crippen molar-refractivity contribution in [2.75, 3.05) is 0 Å². The summed E-state index contributed by atoms with van der Waals surface area (Å²) in [7, 11) is -1.91. The Bertz CT molecular complexity index is 422. The molecule has 0 amide bonds. The predicted octanol–water partition coefficient (Wildman–Crippen LogP) is 4.65. The standard InChI is InChI=1S/C13H19BrO2Si/c1-13(2,3)17(4,5)16-12-10(9-15)7-6-8-11(12)14/h6-9H,1-5H3. The first-order valence-corrected chi connectivity index (χ1v) is 9.32. The summed E-state index contributed by atoms with van der Waals surface area (Å²) in [4.78, 5) is 11.0. The Morgan fingerprint density at radius 3 is 2.35 bits per heavy atom. The molecule has 0 bridgehead atoms. The Morgan fingerprint density at radius 2 is 1.88 bits per heavy atom. The van der Waals surface area contributed by atoms with E-state index in [0.717, 1.165) is 10.8 Å². The van der Waals surface area contributed by atoms with E-state index in [1.165, 1.54) is 0 Å². The summed E-state index contributed by atoms with van der Waals surface area (Å²) in [5.41, 5.74) is 0.601. The maximum absolute atomic E-state index is 11.0. The Hall–Kier alpha value is -0.613. The molecule has 1 aromatic carbocycles. The summed E-state index contributed by atoms with van der Waals surface area (Å²) in [6.45, 7) is 10.9. The molecule has 0 radical (unpaired) electrons. The van der Waals surface area contributed by atoms with Gasteiger partial charge in [0.1, 0.15) is 5.75 Å². The van der Waals surface area contributed by atoms with Crippen LogP contribution in [0.15, 0.2) is 22.7 Å². The van der Waals surface area contributed by atoms with Gasteiger partial charge in [-0.1, -0.05) is 26.8 Å². The lowest BCUT2D eigenvalue weighted by molar-refractivity contribution is 0.112. The molecule has 0 aromatic heterocycles. The van der Waals surface area contributed by atoms with Gasteiger partial charge in [0.2, 0.25) is 0 Å². The van der Waals surface area contributed by atoms with Gasteiger partial charge in [-0.3, -0.25) is 4.79 Å². The second-order valence-electron chi connectivity index (χ2n) is 5.64. The zero-order valence-electron chi connectivity index (χ0n) is 11.0. The van der Waals surface area contributed by atoms with Gasteiger partial charge in [0.05, 0.1) is 10.0 Å². The maximum Gasteiger partial charge on any atom is 0.250 e. The molecule has 0 aliphatic heterocycles. The summed E-state index contributed by atoms with van der Waals surface area (Å²) < 4.78 is 7.02. The number of rotatable bonds is 3. The number of benzene rings is 1. The van der Waals surface area contributed by atoms with Gasteiger partial charge in [-0.25, -0.2) is 0 Å². The number of carbonyl (C=O) groups is 1. The van der Waals surface area contributed by atoms with Crippen molar-refractivity contribution in [3.8, 4) is 5.75 Å². The Kier molecular flexibility index (Phi) is 4.20. The van der Waals surface area contributed by atoms with Crippen LogP contribution in [0.5, 0.6) is 5.75 Å². The molecule has 2 nitrogen and oxygen atoms in total. The topological polar surface area (TPSA) is 26.3 Å². The Morgan fingerprint density at radius 1 is 1.29 bits per heavy atom. The van der Waals surface area contributed by atoms with Crippen molar-refractivity contribution < 1.29 is 9.22 Å². The van der Waals surface area contributed by atoms with E-state index in [0.29, 0.717) is 11.3 Å². The first-order chi connectivity index (χ1) is 7.69. The van der Waals surface area contributed by atoms with E-state index in [1.807, 2.05) is 12.1 Å². The van der Waals surface area contributed by atoms with Gasteiger partial charge in [-0.15, -0.1) is 0 Å². The number of hydrogen-bond donors (Lipinski definition) is 0. The molecule has 0 N–H and O–H groups in total. The van der Waals surface area contributed by atoms with Crippen LogP contribution in [-0.2, 0) is 0 Å². The zero-order chi connectivity index (χ0) is 13.3. The number of hydrogen-bond acceptors (Lipinski definition) is 2. The largest absolute Gasteiger partial charge is 0.542 e. The third kappa shape index (κ3) is 3.19. The lowest BCUT2D eigenvalue weighted by Crippen LogP contribution is -2.44. The molecule has 1 aromatic rings. The van der Waals surface area contributed by atoms with Crippen LogP contribution < -0.4 is 4.43 Å². The fourth-order valence-corrected chi connectivity index (χ4v) is 2.79. The van der Waals surface area contributed by atoms with Gasteiger partial charge in [0.25, 0.3) is 8.32 Å². The van der Waals surface area contributed by atoms with E-state index in [2.05, 4.69) is 49.8 Å². The quantitative estimate of drug-likeness (QED) is 0.600. The molecule has 0 spiro atoms. The number of carbonyl (C=O) groups excluding carboxylic acids is 1. The molecular weight excluding hydrogens is 296 g/mol. The predicted molar refractivity (Wildman–Crippen MR) is 77.4 cm³/mol. The van der Waals surface area contributed by atoms with E-state index < -0.39 is 8.32 Å². The zero-order valence-corrected chi connectivity index (χ0v) is 13.6. The van der Waals surface area contributed by atoms with Crippen LogP contribution in [0.3, 0.4) is 0 Å². The average molecular weight is 315 g/mol. The monoisotopic (exact) mass is 314 g/mol. The highest BCUT2D eigenvalue weighted by molar-refractivity contribution is 9.10. The molecule has 0 aliphatic carbocycles. The van der Waals surface area contributed by atoms with Gasteiger partial charge >= 0.3 is 0 Å². The molecule has 17 heavy (non-hydrogen) atoms. The average Bonchev–Trinajstić information content (AvgIpc) is 2.19. The van der Waals surface area contributed by atoms with Gasteiger partial charge < -0.3 is 4.43 Å². The van der Waals surface area contributed by atoms with Gasteiger partial charge in [0.15, 0.2) is 6.29 Å². The van der Waals surface area contributed by atoms with Crippen LogP contribution in [0.4, 0.5) is 0 Å². The van der Waals surface area contributed by atoms with E-state index in [9.17, 15) is 4.79 Å². The van der Waals surface area contributed by atoms with Crippen LogP contribution in [0.25, 0.3) is 0 Å².